The van der Waals surface area contributed by atoms with E-state index in [1.807, 2.05) is 7.05 Å². The molecule has 9 nitrogen and oxygen atoms in total. The number of hydrogen-bond acceptors (Lipinski definition) is 6. The number of piperazine rings is 1. The number of nitrogens with zero attached hydrogens (tertiary/aromatic N) is 4. The number of benzene rings is 1. The van der Waals surface area contributed by atoms with Gasteiger partial charge in [-0.3, -0.25) is 14.4 Å². The maximum atomic E-state index is 13.0. The molecule has 2 heterocycles. The summed E-state index contributed by atoms with van der Waals surface area (Å²) in [7, 11) is 2.00. The Hall–Kier alpha value is -3.33. The molecule has 3 rings (SSSR count). The molecule has 1 aliphatic rings. The van der Waals surface area contributed by atoms with E-state index in [0.29, 0.717) is 30.9 Å². The summed E-state index contributed by atoms with van der Waals surface area (Å²) in [5, 5.41) is 11.7. The van der Waals surface area contributed by atoms with Gasteiger partial charge in [-0.25, -0.2) is 9.97 Å². The fourth-order valence-corrected chi connectivity index (χ4v) is 3.42. The smallest absolute Gasteiger partial charge is 0.303 e. The van der Waals surface area contributed by atoms with Gasteiger partial charge in [0, 0.05) is 56.1 Å². The van der Waals surface area contributed by atoms with Gasteiger partial charge in [0.05, 0.1) is 0 Å². The summed E-state index contributed by atoms with van der Waals surface area (Å²) < 4.78 is 0. The van der Waals surface area contributed by atoms with Gasteiger partial charge in [-0.2, -0.15) is 0 Å². The summed E-state index contributed by atoms with van der Waals surface area (Å²) in [4.78, 5) is 48.9. The lowest BCUT2D eigenvalue weighted by Gasteiger charge is -2.34. The molecule has 1 atom stereocenters. The van der Waals surface area contributed by atoms with Crippen LogP contribution in [0.4, 0.5) is 0 Å². The molecule has 0 saturated carbocycles. The quantitative estimate of drug-likeness (QED) is 0.654. The Labute approximate surface area is 181 Å². The first-order valence-corrected chi connectivity index (χ1v) is 10.3. The molecule has 31 heavy (non-hydrogen) atoms. The topological polar surface area (TPSA) is 116 Å². The van der Waals surface area contributed by atoms with Gasteiger partial charge in [0.15, 0.2) is 5.82 Å². The van der Waals surface area contributed by atoms with Crippen molar-refractivity contribution in [3.05, 3.63) is 48.3 Å². The van der Waals surface area contributed by atoms with E-state index in [4.69, 9.17) is 5.11 Å². The van der Waals surface area contributed by atoms with Gasteiger partial charge in [-0.05, 0) is 38.1 Å². The summed E-state index contributed by atoms with van der Waals surface area (Å²) in [6, 6.07) is 7.81. The molecule has 1 fully saturated rings. The van der Waals surface area contributed by atoms with Gasteiger partial charge in [0.1, 0.15) is 6.04 Å². The van der Waals surface area contributed by atoms with E-state index in [1.54, 1.807) is 47.6 Å². The third-order valence-electron chi connectivity index (χ3n) is 5.27. The van der Waals surface area contributed by atoms with Gasteiger partial charge >= 0.3 is 5.97 Å². The van der Waals surface area contributed by atoms with Crippen molar-refractivity contribution in [2.45, 2.75) is 25.3 Å². The second-order valence-corrected chi connectivity index (χ2v) is 7.59. The molecule has 2 amide bonds. The van der Waals surface area contributed by atoms with E-state index < -0.39 is 12.0 Å². The Morgan fingerprint density at radius 1 is 1.06 bits per heavy atom. The van der Waals surface area contributed by atoms with Gasteiger partial charge in [-0.1, -0.05) is 12.1 Å². The van der Waals surface area contributed by atoms with Crippen molar-refractivity contribution in [1.29, 1.82) is 0 Å². The molecule has 9 heteroatoms. The average Bonchev–Trinajstić information content (AvgIpc) is 2.79. The third kappa shape index (κ3) is 6.32. The van der Waals surface area contributed by atoms with Crippen LogP contribution in [0.25, 0.3) is 11.4 Å². The maximum absolute atomic E-state index is 13.0. The van der Waals surface area contributed by atoms with Crippen LogP contribution in [0.2, 0.25) is 0 Å². The molecule has 2 aromatic rings. The highest BCUT2D eigenvalue weighted by Gasteiger charge is 2.28. The zero-order valence-corrected chi connectivity index (χ0v) is 17.5. The fraction of sp³-hybridized carbons (Fsp3) is 0.409. The highest BCUT2D eigenvalue weighted by molar-refractivity contribution is 5.97. The molecule has 1 aromatic carbocycles. The number of amides is 2. The zero-order valence-electron chi connectivity index (χ0n) is 17.5. The SMILES string of the molecule is CN1CCN(C(=O)[C@H](CCCC(=O)O)NC(=O)c2ccc(-c3ncccn3)cc2)CC1. The van der Waals surface area contributed by atoms with Crippen molar-refractivity contribution < 1.29 is 19.5 Å². The molecule has 0 spiro atoms. The second-order valence-electron chi connectivity index (χ2n) is 7.59. The molecule has 0 radical (unpaired) electrons. The van der Waals surface area contributed by atoms with Crippen molar-refractivity contribution in [2.75, 3.05) is 33.2 Å². The number of carboxylic acids is 1. The van der Waals surface area contributed by atoms with Crippen LogP contribution in [-0.2, 0) is 9.59 Å². The minimum absolute atomic E-state index is 0.0475. The van der Waals surface area contributed by atoms with Crippen LogP contribution >= 0.6 is 0 Å². The van der Waals surface area contributed by atoms with Crippen LogP contribution < -0.4 is 5.32 Å². The summed E-state index contributed by atoms with van der Waals surface area (Å²) in [6.45, 7) is 2.72. The van der Waals surface area contributed by atoms with Crippen molar-refractivity contribution in [3.8, 4) is 11.4 Å². The average molecular weight is 425 g/mol. The summed E-state index contributed by atoms with van der Waals surface area (Å²) in [6.07, 6.45) is 3.83. The Kier molecular flexibility index (Phi) is 7.66. The van der Waals surface area contributed by atoms with E-state index in [1.165, 1.54) is 0 Å². The number of hydrogen-bond donors (Lipinski definition) is 2. The number of carbonyl (C=O) groups is 3. The molecule has 1 aliphatic heterocycles. The predicted molar refractivity (Wildman–Crippen MR) is 114 cm³/mol. The van der Waals surface area contributed by atoms with Crippen LogP contribution in [0.15, 0.2) is 42.7 Å². The number of carboxylic acid groups (broad SMARTS) is 1. The summed E-state index contributed by atoms with van der Waals surface area (Å²) >= 11 is 0. The first-order chi connectivity index (χ1) is 14.9. The van der Waals surface area contributed by atoms with E-state index in [9.17, 15) is 14.4 Å². The Morgan fingerprint density at radius 3 is 2.32 bits per heavy atom. The molecule has 1 saturated heterocycles. The number of aromatic nitrogens is 2. The molecule has 0 unspecified atom stereocenters. The minimum atomic E-state index is -0.921. The van der Waals surface area contributed by atoms with Gasteiger partial charge in [-0.15, -0.1) is 0 Å². The Bertz CT molecular complexity index is 896. The third-order valence-corrected chi connectivity index (χ3v) is 5.27. The highest BCUT2D eigenvalue weighted by atomic mass is 16.4. The van der Waals surface area contributed by atoms with Gasteiger partial charge in [0.2, 0.25) is 5.91 Å². The van der Waals surface area contributed by atoms with Crippen LogP contribution in [0.1, 0.15) is 29.6 Å². The summed E-state index contributed by atoms with van der Waals surface area (Å²) in [5.74, 6) is -0.897. The zero-order chi connectivity index (χ0) is 22.2. The largest absolute Gasteiger partial charge is 0.481 e. The molecular formula is C22H27N5O4. The van der Waals surface area contributed by atoms with E-state index in [0.717, 1.165) is 18.7 Å². The summed E-state index contributed by atoms with van der Waals surface area (Å²) in [5.41, 5.74) is 1.19. The first-order valence-electron chi connectivity index (χ1n) is 10.3. The second kappa shape index (κ2) is 10.6. The van der Waals surface area contributed by atoms with Crippen LogP contribution in [0.5, 0.6) is 0 Å². The molecule has 2 N–H and O–H groups in total. The minimum Gasteiger partial charge on any atom is -0.481 e. The lowest BCUT2D eigenvalue weighted by atomic mass is 10.1. The standard InChI is InChI=1S/C22H27N5O4/c1-26-12-14-27(15-13-26)22(31)18(4-2-5-19(28)29)25-21(30)17-8-6-16(7-9-17)20-23-10-3-11-24-20/h3,6-11,18H,2,4-5,12-15H2,1H3,(H,25,30)(H,28,29)/t18-/m0/s1. The first kappa shape index (κ1) is 22.4. The number of rotatable bonds is 8. The van der Waals surface area contributed by atoms with Crippen molar-refractivity contribution in [1.82, 2.24) is 25.1 Å². The molecule has 0 aliphatic carbocycles. The van der Waals surface area contributed by atoms with Crippen LogP contribution in [0.3, 0.4) is 0 Å². The lowest BCUT2D eigenvalue weighted by molar-refractivity contribution is -0.138. The lowest BCUT2D eigenvalue weighted by Crippen LogP contribution is -2.54. The normalized spacial score (nSPS) is 15.3. The van der Waals surface area contributed by atoms with Gasteiger partial charge in [0.25, 0.3) is 5.91 Å². The number of carbonyl (C=O) groups excluding carboxylic acids is 2. The number of likely N-dealkylation sites (N-methyl/N-ethyl adjacent to an activating group) is 1. The van der Waals surface area contributed by atoms with Crippen molar-refractivity contribution in [3.63, 3.8) is 0 Å². The van der Waals surface area contributed by atoms with Crippen LogP contribution in [0, 0.1) is 0 Å². The van der Waals surface area contributed by atoms with Crippen LogP contribution in [-0.4, -0.2) is 81.9 Å². The number of aliphatic carboxylic acids is 1. The fourth-order valence-electron chi connectivity index (χ4n) is 3.42. The maximum Gasteiger partial charge on any atom is 0.303 e. The molecule has 0 bridgehead atoms. The monoisotopic (exact) mass is 425 g/mol. The molecule has 1 aromatic heterocycles. The number of nitrogens with one attached hydrogen (secondary N) is 1. The van der Waals surface area contributed by atoms with E-state index >= 15 is 0 Å². The van der Waals surface area contributed by atoms with E-state index in [-0.39, 0.29) is 24.7 Å². The Balaban J connectivity index is 1.68. The Morgan fingerprint density at radius 2 is 1.71 bits per heavy atom. The van der Waals surface area contributed by atoms with E-state index in [2.05, 4.69) is 20.2 Å². The molecular weight excluding hydrogens is 398 g/mol. The van der Waals surface area contributed by atoms with Crippen molar-refractivity contribution >= 4 is 17.8 Å². The van der Waals surface area contributed by atoms with Gasteiger partial charge < -0.3 is 20.2 Å². The van der Waals surface area contributed by atoms with Crippen molar-refractivity contribution in [2.24, 2.45) is 0 Å². The molecule has 164 valence electrons. The highest BCUT2D eigenvalue weighted by Crippen LogP contribution is 2.15. The predicted octanol–water partition coefficient (Wildman–Crippen LogP) is 1.27.